The number of halogens is 5. The van der Waals surface area contributed by atoms with E-state index < -0.39 is 66.2 Å². The number of benzene rings is 1. The lowest BCUT2D eigenvalue weighted by Gasteiger charge is -2.27. The number of alkyl halides is 3. The number of aliphatic hydroxyl groups is 2. The number of aliphatic hydroxyl groups excluding tert-OH is 2. The van der Waals surface area contributed by atoms with Gasteiger partial charge in [0.2, 0.25) is 5.82 Å². The van der Waals surface area contributed by atoms with Gasteiger partial charge >= 0.3 is 6.18 Å². The van der Waals surface area contributed by atoms with Crippen molar-refractivity contribution in [3.8, 4) is 5.75 Å². The Morgan fingerprint density at radius 3 is 2.58 bits per heavy atom. The van der Waals surface area contributed by atoms with Crippen LogP contribution in [0.1, 0.15) is 36.6 Å². The van der Waals surface area contributed by atoms with Gasteiger partial charge in [-0.1, -0.05) is 6.07 Å². The van der Waals surface area contributed by atoms with Crippen molar-refractivity contribution >= 4 is 11.6 Å². The van der Waals surface area contributed by atoms with Gasteiger partial charge < -0.3 is 25.0 Å². The van der Waals surface area contributed by atoms with Crippen molar-refractivity contribution in [3.63, 3.8) is 0 Å². The average molecular weight is 476 g/mol. The van der Waals surface area contributed by atoms with Gasteiger partial charge in [-0.3, -0.25) is 9.78 Å². The first-order valence-corrected chi connectivity index (χ1v) is 9.74. The van der Waals surface area contributed by atoms with Crippen LogP contribution in [-0.2, 0) is 9.53 Å². The first-order chi connectivity index (χ1) is 15.4. The number of amides is 1. The van der Waals surface area contributed by atoms with Crippen LogP contribution in [0.3, 0.4) is 0 Å². The first kappa shape index (κ1) is 24.8. The topological polar surface area (TPSA) is 101 Å². The maximum absolute atomic E-state index is 14.2. The Morgan fingerprint density at radius 1 is 1.33 bits per heavy atom. The molecule has 0 radical (unpaired) electrons. The Hall–Kier alpha value is -2.83. The van der Waals surface area contributed by atoms with Crippen LogP contribution in [0.15, 0.2) is 30.5 Å². The average Bonchev–Trinajstić information content (AvgIpc) is 3.14. The summed E-state index contributed by atoms with van der Waals surface area (Å²) in [5.74, 6) is -5.55. The first-order valence-electron chi connectivity index (χ1n) is 9.74. The SMILES string of the molecule is COc1c(C2CC(C)(C(F)(F)F)OC2C(=O)Nc2ccc([C@@H](O)CO)nc2)ccc(F)c1F. The van der Waals surface area contributed by atoms with E-state index in [9.17, 15) is 31.9 Å². The van der Waals surface area contributed by atoms with Crippen LogP contribution in [-0.4, -0.2) is 52.7 Å². The highest BCUT2D eigenvalue weighted by Gasteiger charge is 2.61. The van der Waals surface area contributed by atoms with Gasteiger partial charge in [-0.2, -0.15) is 17.6 Å². The molecule has 1 saturated heterocycles. The second kappa shape index (κ2) is 9.20. The van der Waals surface area contributed by atoms with E-state index in [1.165, 1.54) is 12.1 Å². The Bertz CT molecular complexity index is 1020. The molecule has 1 aromatic heterocycles. The number of carbonyl (C=O) groups is 1. The molecule has 1 fully saturated rings. The number of nitrogens with one attached hydrogen (secondary N) is 1. The maximum Gasteiger partial charge on any atom is 0.417 e. The molecule has 0 aliphatic carbocycles. The predicted octanol–water partition coefficient (Wildman–Crippen LogP) is 3.23. The molecule has 180 valence electrons. The zero-order chi connectivity index (χ0) is 24.6. The van der Waals surface area contributed by atoms with Crippen LogP contribution in [0.2, 0.25) is 0 Å². The fourth-order valence-corrected chi connectivity index (χ4v) is 3.66. The number of methoxy groups -OCH3 is 1. The summed E-state index contributed by atoms with van der Waals surface area (Å²) >= 11 is 0. The Balaban J connectivity index is 1.95. The Morgan fingerprint density at radius 2 is 2.03 bits per heavy atom. The van der Waals surface area contributed by atoms with Crippen molar-refractivity contribution in [2.75, 3.05) is 19.0 Å². The number of pyridine rings is 1. The lowest BCUT2D eigenvalue weighted by Crippen LogP contribution is -2.43. The Labute approximate surface area is 185 Å². The lowest BCUT2D eigenvalue weighted by molar-refractivity contribution is -0.261. The molecule has 1 aliphatic rings. The van der Waals surface area contributed by atoms with Crippen LogP contribution in [0, 0.1) is 11.6 Å². The van der Waals surface area contributed by atoms with Crippen LogP contribution in [0.4, 0.5) is 27.6 Å². The van der Waals surface area contributed by atoms with Crippen LogP contribution < -0.4 is 10.1 Å². The summed E-state index contributed by atoms with van der Waals surface area (Å²) in [6.07, 6.45) is -7.42. The van der Waals surface area contributed by atoms with E-state index in [1.54, 1.807) is 0 Å². The number of hydrogen-bond acceptors (Lipinski definition) is 6. The second-order valence-electron chi connectivity index (χ2n) is 7.72. The molecule has 0 saturated carbocycles. The molecule has 3 unspecified atom stereocenters. The van der Waals surface area contributed by atoms with Gasteiger partial charge in [-0.05, 0) is 31.5 Å². The van der Waals surface area contributed by atoms with Gasteiger partial charge in [0.1, 0.15) is 12.2 Å². The highest BCUT2D eigenvalue weighted by atomic mass is 19.4. The predicted molar refractivity (Wildman–Crippen MR) is 105 cm³/mol. The van der Waals surface area contributed by atoms with Gasteiger partial charge in [0.15, 0.2) is 17.2 Å². The van der Waals surface area contributed by atoms with E-state index in [-0.39, 0.29) is 16.9 Å². The molecule has 12 heteroatoms. The van der Waals surface area contributed by atoms with Crippen molar-refractivity contribution in [1.82, 2.24) is 4.98 Å². The quantitative estimate of drug-likeness (QED) is 0.554. The zero-order valence-electron chi connectivity index (χ0n) is 17.5. The van der Waals surface area contributed by atoms with E-state index in [4.69, 9.17) is 14.6 Å². The van der Waals surface area contributed by atoms with E-state index in [0.717, 1.165) is 32.4 Å². The molecular formula is C21H21F5N2O5. The third kappa shape index (κ3) is 4.77. The molecule has 4 atom stereocenters. The number of anilines is 1. The summed E-state index contributed by atoms with van der Waals surface area (Å²) in [5.41, 5.74) is -2.69. The fraction of sp³-hybridized carbons (Fsp3) is 0.429. The smallest absolute Gasteiger partial charge is 0.417 e. The van der Waals surface area contributed by atoms with Crippen molar-refractivity contribution < 1.29 is 46.4 Å². The molecule has 2 aromatic rings. The van der Waals surface area contributed by atoms with E-state index in [1.807, 2.05) is 0 Å². The van der Waals surface area contributed by atoms with Crippen LogP contribution in [0.25, 0.3) is 0 Å². The molecule has 0 bridgehead atoms. The molecule has 0 spiro atoms. The number of nitrogens with zero attached hydrogens (tertiary/aromatic N) is 1. The van der Waals surface area contributed by atoms with E-state index in [2.05, 4.69) is 10.3 Å². The summed E-state index contributed by atoms with van der Waals surface area (Å²) in [7, 11) is 1.03. The normalized spacial score (nSPS) is 23.9. The molecule has 3 rings (SSSR count). The van der Waals surface area contributed by atoms with Crippen molar-refractivity contribution in [1.29, 1.82) is 0 Å². The highest BCUT2D eigenvalue weighted by Crippen LogP contribution is 2.51. The van der Waals surface area contributed by atoms with Gasteiger partial charge in [0.25, 0.3) is 5.91 Å². The van der Waals surface area contributed by atoms with Crippen LogP contribution in [0.5, 0.6) is 5.75 Å². The van der Waals surface area contributed by atoms with E-state index in [0.29, 0.717) is 0 Å². The minimum atomic E-state index is -4.85. The van der Waals surface area contributed by atoms with Crippen molar-refractivity contribution in [2.24, 2.45) is 0 Å². The monoisotopic (exact) mass is 476 g/mol. The molecule has 1 aromatic carbocycles. The summed E-state index contributed by atoms with van der Waals surface area (Å²) in [4.78, 5) is 16.8. The van der Waals surface area contributed by atoms with Gasteiger partial charge in [-0.15, -0.1) is 0 Å². The van der Waals surface area contributed by atoms with E-state index >= 15 is 0 Å². The zero-order valence-corrected chi connectivity index (χ0v) is 17.5. The largest absolute Gasteiger partial charge is 0.493 e. The van der Waals surface area contributed by atoms with Gasteiger partial charge in [0, 0.05) is 11.5 Å². The molecule has 33 heavy (non-hydrogen) atoms. The molecule has 3 N–H and O–H groups in total. The van der Waals surface area contributed by atoms with Crippen LogP contribution >= 0.6 is 0 Å². The second-order valence-corrected chi connectivity index (χ2v) is 7.72. The molecule has 2 heterocycles. The minimum absolute atomic E-state index is 0.0779. The molecule has 1 aliphatic heterocycles. The van der Waals surface area contributed by atoms with Gasteiger partial charge in [0.05, 0.1) is 31.3 Å². The third-order valence-electron chi connectivity index (χ3n) is 5.47. The number of aromatic nitrogens is 1. The standard InChI is InChI=1S/C21H21F5N2O5/c1-20(21(24,25)26)7-12(11-4-5-13(22)16(23)17(11)32-2)18(33-20)19(31)28-10-3-6-14(27-8-10)15(30)9-29/h3-6,8,12,15,18,29-30H,7,9H2,1-2H3,(H,28,31)/t12?,15-,18?,20?/m0/s1. The molecule has 1 amide bonds. The third-order valence-corrected chi connectivity index (χ3v) is 5.47. The lowest BCUT2D eigenvalue weighted by atomic mass is 9.85. The Kier molecular flexibility index (Phi) is 6.91. The maximum atomic E-state index is 14.2. The summed E-state index contributed by atoms with van der Waals surface area (Å²) < 4.78 is 79.0. The number of ether oxygens (including phenoxy) is 2. The van der Waals surface area contributed by atoms with Crippen molar-refractivity contribution in [2.45, 2.75) is 43.2 Å². The summed E-state index contributed by atoms with van der Waals surface area (Å²) in [6.45, 7) is 0.189. The number of rotatable bonds is 6. The summed E-state index contributed by atoms with van der Waals surface area (Å²) in [6, 6.07) is 4.42. The fourth-order valence-electron chi connectivity index (χ4n) is 3.66. The summed E-state index contributed by atoms with van der Waals surface area (Å²) in [5, 5.41) is 20.9. The molecule has 7 nitrogen and oxygen atoms in total. The van der Waals surface area contributed by atoms with Gasteiger partial charge in [-0.25, -0.2) is 4.39 Å². The number of hydrogen-bond donors (Lipinski definition) is 3. The molecular weight excluding hydrogens is 455 g/mol. The van der Waals surface area contributed by atoms with Crippen molar-refractivity contribution in [3.05, 3.63) is 53.4 Å². The number of carbonyl (C=O) groups excluding carboxylic acids is 1. The highest BCUT2D eigenvalue weighted by molar-refractivity contribution is 5.95. The minimum Gasteiger partial charge on any atom is -0.493 e.